The van der Waals surface area contributed by atoms with E-state index in [9.17, 15) is 9.18 Å². The molecular weight excluding hydrogens is 221 g/mol. The molecule has 94 valence electrons. The van der Waals surface area contributed by atoms with Crippen LogP contribution in [0, 0.1) is 5.82 Å². The summed E-state index contributed by atoms with van der Waals surface area (Å²) in [6.07, 6.45) is 0. The van der Waals surface area contributed by atoms with Crippen LogP contribution in [0.5, 0.6) is 0 Å². The zero-order valence-electron chi connectivity index (χ0n) is 10.1. The van der Waals surface area contributed by atoms with Crippen molar-refractivity contribution in [3.63, 3.8) is 0 Å². The van der Waals surface area contributed by atoms with E-state index in [2.05, 4.69) is 0 Å². The molecule has 4 N–H and O–H groups in total. The Morgan fingerprint density at radius 3 is 2.35 bits per heavy atom. The number of carbonyl (C=O) groups is 1. The maximum absolute atomic E-state index is 12.8. The maximum Gasteiger partial charge on any atom is 0.239 e. The third kappa shape index (κ3) is 3.42. The zero-order valence-corrected chi connectivity index (χ0v) is 10.1. The van der Waals surface area contributed by atoms with Gasteiger partial charge in [0.05, 0.1) is 0 Å². The van der Waals surface area contributed by atoms with Gasteiger partial charge in [0.15, 0.2) is 0 Å². The molecule has 0 aliphatic carbocycles. The Bertz CT molecular complexity index is 389. The summed E-state index contributed by atoms with van der Waals surface area (Å²) in [6.45, 7) is 4.47. The molecule has 4 nitrogen and oxygen atoms in total. The Balaban J connectivity index is 2.86. The fourth-order valence-electron chi connectivity index (χ4n) is 1.51. The molecule has 0 aliphatic rings. The fourth-order valence-corrected chi connectivity index (χ4v) is 1.51. The highest BCUT2D eigenvalue weighted by molar-refractivity contribution is 5.84. The van der Waals surface area contributed by atoms with Gasteiger partial charge in [-0.3, -0.25) is 4.79 Å². The lowest BCUT2D eigenvalue weighted by Crippen LogP contribution is -2.57. The number of hydrogen-bond donors (Lipinski definition) is 2. The molecule has 0 fully saturated rings. The topological polar surface area (TPSA) is 72.3 Å². The van der Waals surface area contributed by atoms with Crippen LogP contribution in [0.25, 0.3) is 0 Å². The fraction of sp³-hybridized carbons (Fsp3) is 0.417. The lowest BCUT2D eigenvalue weighted by molar-refractivity contribution is -0.122. The van der Waals surface area contributed by atoms with E-state index in [0.717, 1.165) is 5.69 Å². The molecule has 1 rings (SSSR count). The molecule has 1 amide bonds. The van der Waals surface area contributed by atoms with Crippen molar-refractivity contribution < 1.29 is 9.18 Å². The van der Waals surface area contributed by atoms with Gasteiger partial charge in [-0.1, -0.05) is 0 Å². The van der Waals surface area contributed by atoms with Gasteiger partial charge in [-0.25, -0.2) is 4.39 Å². The minimum atomic E-state index is -1.11. The Kier molecular flexibility index (Phi) is 4.07. The quantitative estimate of drug-likeness (QED) is 0.800. The maximum atomic E-state index is 12.8. The molecule has 1 unspecified atom stereocenters. The van der Waals surface area contributed by atoms with Crippen molar-refractivity contribution in [2.24, 2.45) is 11.5 Å². The Labute approximate surface area is 100 Å². The minimum absolute atomic E-state index is 0.296. The highest BCUT2D eigenvalue weighted by Gasteiger charge is 2.28. The van der Waals surface area contributed by atoms with Gasteiger partial charge in [-0.15, -0.1) is 0 Å². The van der Waals surface area contributed by atoms with E-state index in [1.165, 1.54) is 12.1 Å². The third-order valence-electron chi connectivity index (χ3n) is 2.66. The normalized spacial score (nSPS) is 14.1. The van der Waals surface area contributed by atoms with Crippen molar-refractivity contribution in [2.75, 3.05) is 18.0 Å². The van der Waals surface area contributed by atoms with Crippen LogP contribution in [0.15, 0.2) is 24.3 Å². The van der Waals surface area contributed by atoms with Crippen molar-refractivity contribution in [3.05, 3.63) is 30.1 Å². The number of halogens is 1. The smallest absolute Gasteiger partial charge is 0.239 e. The number of nitrogens with zero attached hydrogens (tertiary/aromatic N) is 1. The monoisotopic (exact) mass is 239 g/mol. The summed E-state index contributed by atoms with van der Waals surface area (Å²) in [5.41, 5.74) is 10.7. The molecule has 17 heavy (non-hydrogen) atoms. The van der Waals surface area contributed by atoms with Gasteiger partial charge in [-0.2, -0.15) is 0 Å². The summed E-state index contributed by atoms with van der Waals surface area (Å²) < 4.78 is 12.8. The number of primary amides is 1. The minimum Gasteiger partial charge on any atom is -0.369 e. The summed E-state index contributed by atoms with van der Waals surface area (Å²) in [5, 5.41) is 0. The summed E-state index contributed by atoms with van der Waals surface area (Å²) >= 11 is 0. The number of amides is 1. The van der Waals surface area contributed by atoms with Crippen LogP contribution in [0.3, 0.4) is 0 Å². The number of benzene rings is 1. The highest BCUT2D eigenvalue weighted by atomic mass is 19.1. The lowest BCUT2D eigenvalue weighted by Gasteiger charge is -2.31. The van der Waals surface area contributed by atoms with Gasteiger partial charge in [0, 0.05) is 18.8 Å². The van der Waals surface area contributed by atoms with Crippen LogP contribution in [-0.4, -0.2) is 24.5 Å². The van der Waals surface area contributed by atoms with Crippen molar-refractivity contribution in [3.8, 4) is 0 Å². The largest absolute Gasteiger partial charge is 0.369 e. The average Bonchev–Trinajstić information content (AvgIpc) is 2.27. The number of rotatable bonds is 5. The molecule has 5 heteroatoms. The van der Waals surface area contributed by atoms with E-state index in [1.54, 1.807) is 19.1 Å². The predicted molar refractivity (Wildman–Crippen MR) is 66.1 cm³/mol. The van der Waals surface area contributed by atoms with Gasteiger partial charge in [0.1, 0.15) is 11.4 Å². The first kappa shape index (κ1) is 13.4. The van der Waals surface area contributed by atoms with Crippen molar-refractivity contribution >= 4 is 11.6 Å². The molecule has 0 aromatic heterocycles. The van der Waals surface area contributed by atoms with Gasteiger partial charge < -0.3 is 16.4 Å². The van der Waals surface area contributed by atoms with Crippen LogP contribution in [-0.2, 0) is 4.79 Å². The zero-order chi connectivity index (χ0) is 13.1. The summed E-state index contributed by atoms with van der Waals surface area (Å²) in [5.74, 6) is -0.853. The first-order valence-corrected chi connectivity index (χ1v) is 5.46. The first-order valence-electron chi connectivity index (χ1n) is 5.46. The number of carbonyl (C=O) groups excluding carboxylic acids is 1. The van der Waals surface area contributed by atoms with E-state index < -0.39 is 11.4 Å². The van der Waals surface area contributed by atoms with Gasteiger partial charge >= 0.3 is 0 Å². The second-order valence-corrected chi connectivity index (χ2v) is 4.27. The van der Waals surface area contributed by atoms with Gasteiger partial charge in [0.25, 0.3) is 0 Å². The van der Waals surface area contributed by atoms with Crippen LogP contribution in [0.1, 0.15) is 13.8 Å². The standard InChI is InChI=1S/C12H18FN3O/c1-3-16(8-12(2,15)11(14)17)10-6-4-9(13)5-7-10/h4-7H,3,8,15H2,1-2H3,(H2,14,17). The molecule has 1 atom stereocenters. The van der Waals surface area contributed by atoms with Crippen LogP contribution >= 0.6 is 0 Å². The van der Waals surface area contributed by atoms with E-state index in [-0.39, 0.29) is 5.82 Å². The number of nitrogens with two attached hydrogens (primary N) is 2. The van der Waals surface area contributed by atoms with Crippen molar-refractivity contribution in [1.82, 2.24) is 0 Å². The summed E-state index contributed by atoms with van der Waals surface area (Å²) in [6, 6.07) is 6.04. The van der Waals surface area contributed by atoms with Crippen LogP contribution < -0.4 is 16.4 Å². The predicted octanol–water partition coefficient (Wildman–Crippen LogP) is 0.855. The second kappa shape index (κ2) is 5.14. The molecule has 0 saturated heterocycles. The van der Waals surface area contributed by atoms with E-state index in [0.29, 0.717) is 13.1 Å². The van der Waals surface area contributed by atoms with E-state index in [1.807, 2.05) is 11.8 Å². The molecule has 0 aliphatic heterocycles. The Morgan fingerprint density at radius 1 is 1.41 bits per heavy atom. The van der Waals surface area contributed by atoms with E-state index >= 15 is 0 Å². The Morgan fingerprint density at radius 2 is 1.94 bits per heavy atom. The Hall–Kier alpha value is -1.62. The number of hydrogen-bond acceptors (Lipinski definition) is 3. The third-order valence-corrected chi connectivity index (χ3v) is 2.66. The van der Waals surface area contributed by atoms with Crippen LogP contribution in [0.4, 0.5) is 10.1 Å². The van der Waals surface area contributed by atoms with Gasteiger partial charge in [-0.05, 0) is 38.1 Å². The van der Waals surface area contributed by atoms with E-state index in [4.69, 9.17) is 11.5 Å². The van der Waals surface area contributed by atoms with Gasteiger partial charge in [0.2, 0.25) is 5.91 Å². The molecule has 1 aromatic carbocycles. The molecule has 0 bridgehead atoms. The molecule has 0 saturated carbocycles. The molecule has 0 heterocycles. The van der Waals surface area contributed by atoms with Crippen molar-refractivity contribution in [2.45, 2.75) is 19.4 Å². The lowest BCUT2D eigenvalue weighted by atomic mass is 10.0. The van der Waals surface area contributed by atoms with Crippen LogP contribution in [0.2, 0.25) is 0 Å². The SMILES string of the molecule is CCN(CC(C)(N)C(N)=O)c1ccc(F)cc1. The van der Waals surface area contributed by atoms with Crippen molar-refractivity contribution in [1.29, 1.82) is 0 Å². The molecule has 0 spiro atoms. The molecular formula is C12H18FN3O. The average molecular weight is 239 g/mol. The second-order valence-electron chi connectivity index (χ2n) is 4.27. The molecule has 1 aromatic rings. The highest BCUT2D eigenvalue weighted by Crippen LogP contribution is 2.16. The number of anilines is 1. The molecule has 0 radical (unpaired) electrons. The number of likely N-dealkylation sites (N-methyl/N-ethyl adjacent to an activating group) is 1. The first-order chi connectivity index (χ1) is 7.86. The summed E-state index contributed by atoms with van der Waals surface area (Å²) in [7, 11) is 0. The summed E-state index contributed by atoms with van der Waals surface area (Å²) in [4.78, 5) is 13.0.